The van der Waals surface area contributed by atoms with E-state index < -0.39 is 11.4 Å². The number of ether oxygens (including phenoxy) is 2. The maximum absolute atomic E-state index is 13.2. The number of likely N-dealkylation sites (N-methyl/N-ethyl adjacent to an activating group) is 1. The number of ketones is 1. The zero-order valence-corrected chi connectivity index (χ0v) is 21.2. The maximum Gasteiger partial charge on any atom is 0.319 e. The molecule has 3 atom stereocenters. The average Bonchev–Trinajstić information content (AvgIpc) is 2.72. The van der Waals surface area contributed by atoms with Crippen LogP contribution in [0.5, 0.6) is 0 Å². The van der Waals surface area contributed by atoms with Crippen molar-refractivity contribution in [3.8, 4) is 0 Å². The Labute approximate surface area is 190 Å². The van der Waals surface area contributed by atoms with Gasteiger partial charge in [0, 0.05) is 25.1 Å². The van der Waals surface area contributed by atoms with E-state index >= 15 is 0 Å². The van der Waals surface area contributed by atoms with Gasteiger partial charge in [-0.05, 0) is 99.3 Å². The summed E-state index contributed by atoms with van der Waals surface area (Å²) in [5, 5.41) is 0. The lowest BCUT2D eigenvalue weighted by molar-refractivity contribution is -0.162. The number of carbonyl (C=O) groups is 2. The predicted octanol–water partition coefficient (Wildman–Crippen LogP) is 3.77. The fraction of sp³-hybridized carbons (Fsp3) is 0.920. The molecule has 0 spiro atoms. The second kappa shape index (κ2) is 10.8. The van der Waals surface area contributed by atoms with Gasteiger partial charge in [0.2, 0.25) is 0 Å². The number of likely N-dealkylation sites (tertiary alicyclic amines) is 1. The number of esters is 1. The minimum Gasteiger partial charge on any atom is -0.463 e. The van der Waals surface area contributed by atoms with Gasteiger partial charge < -0.3 is 14.4 Å². The molecule has 0 amide bonds. The molecule has 2 rings (SSSR count). The van der Waals surface area contributed by atoms with Gasteiger partial charge in [0.15, 0.2) is 5.78 Å². The van der Waals surface area contributed by atoms with E-state index in [1.807, 2.05) is 6.92 Å². The Morgan fingerprint density at radius 1 is 1.10 bits per heavy atom. The third-order valence-corrected chi connectivity index (χ3v) is 7.82. The van der Waals surface area contributed by atoms with E-state index in [2.05, 4.69) is 37.6 Å². The van der Waals surface area contributed by atoms with Crippen LogP contribution in [0.25, 0.3) is 0 Å². The lowest BCUT2D eigenvalue weighted by Gasteiger charge is -2.41. The number of piperidine rings is 1. The van der Waals surface area contributed by atoms with Crippen molar-refractivity contribution in [2.45, 2.75) is 91.3 Å². The molecular weight excluding hydrogens is 392 g/mol. The molecule has 2 aliphatic heterocycles. The summed E-state index contributed by atoms with van der Waals surface area (Å²) in [4.78, 5) is 31.1. The summed E-state index contributed by atoms with van der Waals surface area (Å²) in [5.41, 5.74) is -1.52. The van der Waals surface area contributed by atoms with Gasteiger partial charge in [0.25, 0.3) is 0 Å². The highest BCUT2D eigenvalue weighted by atomic mass is 16.5. The van der Waals surface area contributed by atoms with E-state index in [4.69, 9.17) is 9.47 Å². The van der Waals surface area contributed by atoms with Crippen LogP contribution >= 0.6 is 0 Å². The number of carbonyl (C=O) groups excluding carboxylic acids is 2. The number of rotatable bonds is 3. The Kier molecular flexibility index (Phi) is 9.12. The van der Waals surface area contributed by atoms with Gasteiger partial charge in [-0.15, -0.1) is 0 Å². The van der Waals surface area contributed by atoms with Crippen LogP contribution in [0.3, 0.4) is 0 Å². The molecule has 0 saturated carbocycles. The minimum absolute atomic E-state index is 0.0600. The highest BCUT2D eigenvalue weighted by molar-refractivity contribution is 6.03. The van der Waals surface area contributed by atoms with Gasteiger partial charge in [0.05, 0.1) is 5.60 Å². The summed E-state index contributed by atoms with van der Waals surface area (Å²) in [7, 11) is 3.87. The smallest absolute Gasteiger partial charge is 0.319 e. The Morgan fingerprint density at radius 2 is 1.71 bits per heavy atom. The number of hydrogen-bond donors (Lipinski definition) is 0. The number of cyclic esters (lactones) is 1. The molecule has 0 bridgehead atoms. The van der Waals surface area contributed by atoms with Crippen molar-refractivity contribution >= 4 is 11.8 Å². The molecule has 6 heteroatoms. The van der Waals surface area contributed by atoms with Gasteiger partial charge in [0.1, 0.15) is 12.0 Å². The summed E-state index contributed by atoms with van der Waals surface area (Å²) >= 11 is 0. The van der Waals surface area contributed by atoms with Crippen LogP contribution in [0.15, 0.2) is 0 Å². The highest BCUT2D eigenvalue weighted by Gasteiger charge is 2.43. The van der Waals surface area contributed by atoms with Crippen molar-refractivity contribution in [1.29, 1.82) is 0 Å². The van der Waals surface area contributed by atoms with Gasteiger partial charge in [-0.25, -0.2) is 0 Å². The van der Waals surface area contributed by atoms with E-state index in [1.165, 1.54) is 0 Å². The fourth-order valence-corrected chi connectivity index (χ4v) is 5.40. The number of methoxy groups -OCH3 is 1. The summed E-state index contributed by atoms with van der Waals surface area (Å²) in [6, 6.07) is 0.744. The van der Waals surface area contributed by atoms with Crippen molar-refractivity contribution < 1.29 is 19.1 Å². The van der Waals surface area contributed by atoms with Gasteiger partial charge in [-0.1, -0.05) is 6.92 Å². The van der Waals surface area contributed by atoms with Crippen LogP contribution in [0.1, 0.15) is 73.6 Å². The summed E-state index contributed by atoms with van der Waals surface area (Å²) in [5.74, 6) is -0.234. The van der Waals surface area contributed by atoms with Gasteiger partial charge in [-0.2, -0.15) is 0 Å². The molecule has 31 heavy (non-hydrogen) atoms. The molecule has 0 aromatic heterocycles. The van der Waals surface area contributed by atoms with E-state index in [1.54, 1.807) is 21.0 Å². The Balaban J connectivity index is 2.22. The summed E-state index contributed by atoms with van der Waals surface area (Å²) in [6.07, 6.45) is 4.71. The average molecular weight is 439 g/mol. The third-order valence-electron chi connectivity index (χ3n) is 7.82. The van der Waals surface area contributed by atoms with Crippen LogP contribution in [-0.2, 0) is 19.1 Å². The van der Waals surface area contributed by atoms with E-state index in [0.29, 0.717) is 25.0 Å². The first-order valence-electron chi connectivity index (χ1n) is 12.1. The lowest BCUT2D eigenvalue weighted by Crippen LogP contribution is -2.49. The molecule has 0 aromatic carbocycles. The van der Waals surface area contributed by atoms with Crippen molar-refractivity contribution in [3.05, 3.63) is 0 Å². The summed E-state index contributed by atoms with van der Waals surface area (Å²) in [6.45, 7) is 15.4. The molecular formula is C25H46N2O4. The van der Waals surface area contributed by atoms with Crippen molar-refractivity contribution in [3.63, 3.8) is 0 Å². The summed E-state index contributed by atoms with van der Waals surface area (Å²) < 4.78 is 11.7. The number of nitrogens with zero attached hydrogens (tertiary/aromatic N) is 2. The fourth-order valence-electron chi connectivity index (χ4n) is 5.40. The Hall–Kier alpha value is -0.980. The molecule has 2 unspecified atom stereocenters. The SMILES string of the molecule is COC1(C)CCCN(C)C(C2CCN(C(C)C)CC2)COC(=O)C(C)(C)C(=O)[C@H](C)C1. The normalized spacial score (nSPS) is 33.5. The quantitative estimate of drug-likeness (QED) is 0.494. The first-order chi connectivity index (χ1) is 14.4. The zero-order chi connectivity index (χ0) is 23.4. The third kappa shape index (κ3) is 6.52. The topological polar surface area (TPSA) is 59.1 Å². The van der Waals surface area contributed by atoms with Crippen molar-refractivity contribution in [1.82, 2.24) is 9.80 Å². The minimum atomic E-state index is -1.15. The van der Waals surface area contributed by atoms with Crippen LogP contribution in [0.4, 0.5) is 0 Å². The monoisotopic (exact) mass is 438 g/mol. The largest absolute Gasteiger partial charge is 0.463 e. The van der Waals surface area contributed by atoms with Crippen LogP contribution in [-0.4, -0.2) is 79.6 Å². The van der Waals surface area contributed by atoms with E-state index in [9.17, 15) is 9.59 Å². The molecule has 6 nitrogen and oxygen atoms in total. The molecule has 180 valence electrons. The number of hydrogen-bond acceptors (Lipinski definition) is 6. The van der Waals surface area contributed by atoms with Crippen molar-refractivity contribution in [2.75, 3.05) is 40.4 Å². The zero-order valence-electron chi connectivity index (χ0n) is 21.2. The molecule has 2 saturated heterocycles. The van der Waals surface area contributed by atoms with E-state index in [-0.39, 0.29) is 23.3 Å². The molecule has 0 N–H and O–H groups in total. The molecule has 0 aromatic rings. The Bertz CT molecular complexity index is 613. The molecule has 2 aliphatic rings. The van der Waals surface area contributed by atoms with Crippen LogP contribution in [0, 0.1) is 17.3 Å². The molecule has 2 heterocycles. The molecule has 0 aliphatic carbocycles. The number of Topliss-reactive ketones (excluding diaryl/α,β-unsaturated/α-hetero) is 1. The highest BCUT2D eigenvalue weighted by Crippen LogP contribution is 2.33. The van der Waals surface area contributed by atoms with Crippen LogP contribution < -0.4 is 0 Å². The first-order valence-corrected chi connectivity index (χ1v) is 12.1. The van der Waals surface area contributed by atoms with Gasteiger partial charge >= 0.3 is 5.97 Å². The molecule has 2 fully saturated rings. The second-order valence-electron chi connectivity index (χ2n) is 11.0. The lowest BCUT2D eigenvalue weighted by atomic mass is 9.77. The van der Waals surface area contributed by atoms with E-state index in [0.717, 1.165) is 45.3 Å². The Morgan fingerprint density at radius 3 is 2.26 bits per heavy atom. The van der Waals surface area contributed by atoms with Crippen molar-refractivity contribution in [2.24, 2.45) is 17.3 Å². The standard InChI is InChI=1S/C25H46N2O4/c1-18(2)27-14-10-20(11-15-27)21-17-31-23(29)24(4,5)22(28)19(3)16-25(6,30-8)12-9-13-26(21)7/h18-21H,9-17H2,1-8H3/t19-,21?,25?/m1/s1. The second-order valence-corrected chi connectivity index (χ2v) is 11.0. The predicted molar refractivity (Wildman–Crippen MR) is 124 cm³/mol. The molecule has 0 radical (unpaired) electrons. The maximum atomic E-state index is 13.2. The first kappa shape index (κ1) is 26.3. The van der Waals surface area contributed by atoms with Gasteiger partial charge in [-0.3, -0.25) is 14.5 Å². The van der Waals surface area contributed by atoms with Crippen LogP contribution in [0.2, 0.25) is 0 Å².